The third-order valence-electron chi connectivity index (χ3n) is 12.5. The molecule has 1 amide bonds. The van der Waals surface area contributed by atoms with Gasteiger partial charge in [-0.05, 0) is 48.4 Å². The van der Waals surface area contributed by atoms with Gasteiger partial charge in [0.05, 0.1) is 11.7 Å². The molecule has 4 aliphatic heterocycles. The predicted octanol–water partition coefficient (Wildman–Crippen LogP) is 7.51. The van der Waals surface area contributed by atoms with Crippen LogP contribution in [0, 0.1) is 11.8 Å². The average Bonchev–Trinajstić information content (AvgIpc) is 4.02. The van der Waals surface area contributed by atoms with Crippen molar-refractivity contribution >= 4 is 28.3 Å². The number of rotatable bonds is 8. The highest BCUT2D eigenvalue weighted by atomic mass is 16.5. The van der Waals surface area contributed by atoms with E-state index in [4.69, 9.17) is 28.3 Å². The largest absolute Gasteiger partial charge is 0.469 e. The van der Waals surface area contributed by atoms with E-state index in [2.05, 4.69) is 57.7 Å². The van der Waals surface area contributed by atoms with Crippen LogP contribution in [0.15, 0.2) is 75.8 Å². The number of aromatic nitrogens is 3. The molecule has 1 spiro atoms. The van der Waals surface area contributed by atoms with Gasteiger partial charge < -0.3 is 38.6 Å². The van der Waals surface area contributed by atoms with Crippen molar-refractivity contribution in [2.45, 2.75) is 83.4 Å². The Morgan fingerprint density at radius 3 is 2.64 bits per heavy atom. The number of anilines is 1. The van der Waals surface area contributed by atoms with Gasteiger partial charge in [0.1, 0.15) is 29.5 Å². The third-order valence-corrected chi connectivity index (χ3v) is 12.5. The molecule has 1 unspecified atom stereocenters. The molecule has 0 fully saturated rings. The van der Waals surface area contributed by atoms with Crippen LogP contribution >= 0.6 is 0 Å². The number of Topliss-reactive ketones (excluding diaryl/α,β-unsaturated/α-hetero) is 1. The van der Waals surface area contributed by atoms with Gasteiger partial charge in [0.2, 0.25) is 17.7 Å². The Balaban J connectivity index is 1.27. The highest BCUT2D eigenvalue weighted by Crippen LogP contribution is 2.61. The fourth-order valence-corrected chi connectivity index (χ4v) is 9.44. The van der Waals surface area contributed by atoms with E-state index >= 15 is 0 Å². The number of carbonyl (C=O) groups is 2. The molecule has 0 aliphatic carbocycles. The van der Waals surface area contributed by atoms with Crippen LogP contribution in [-0.2, 0) is 32.9 Å². The molecule has 12 heteroatoms. The number of hydrogen-bond donors (Lipinski definition) is 3. The Bertz CT molecular complexity index is 2590. The quantitative estimate of drug-likeness (QED) is 0.142. The third kappa shape index (κ3) is 4.72. The number of nitrogens with one attached hydrogen (secondary N) is 2. The Hall–Kier alpha value is -5.72. The smallest absolute Gasteiger partial charge is 0.249 e. The molecule has 3 aromatic carbocycles. The molecule has 0 radical (unpaired) electrons. The van der Waals surface area contributed by atoms with E-state index in [-0.39, 0.29) is 55.1 Å². The first-order chi connectivity index (χ1) is 27.1. The minimum Gasteiger partial charge on any atom is -0.469 e. The topological polar surface area (TPSA) is 154 Å². The maximum absolute atomic E-state index is 14.4. The van der Waals surface area contributed by atoms with Gasteiger partial charge in [-0.2, -0.15) is 0 Å². The van der Waals surface area contributed by atoms with Crippen LogP contribution in [0.25, 0.3) is 44.9 Å². The van der Waals surface area contributed by atoms with Gasteiger partial charge in [0.25, 0.3) is 0 Å². The summed E-state index contributed by atoms with van der Waals surface area (Å²) in [7, 11) is 1.67. The number of ether oxygens (including phenoxy) is 2. The van der Waals surface area contributed by atoms with Gasteiger partial charge in [0.15, 0.2) is 29.2 Å². The van der Waals surface area contributed by atoms with Crippen molar-refractivity contribution in [1.29, 1.82) is 0 Å². The van der Waals surface area contributed by atoms with E-state index in [0.29, 0.717) is 29.7 Å². The van der Waals surface area contributed by atoms with E-state index in [9.17, 15) is 14.7 Å². The van der Waals surface area contributed by atoms with Crippen molar-refractivity contribution in [2.24, 2.45) is 11.8 Å². The fraction of sp³-hybridized carbons (Fsp3) is 0.364. The average molecular weight is 754 g/mol. The lowest BCUT2D eigenvalue weighted by atomic mass is 9.72. The van der Waals surface area contributed by atoms with E-state index in [1.165, 1.54) is 0 Å². The number of hydrogen-bond acceptors (Lipinski definition) is 10. The Morgan fingerprint density at radius 2 is 1.86 bits per heavy atom. The van der Waals surface area contributed by atoms with Gasteiger partial charge in [0, 0.05) is 59.0 Å². The van der Waals surface area contributed by atoms with Gasteiger partial charge in [-0.1, -0.05) is 70.2 Å². The second-order valence-electron chi connectivity index (χ2n) is 15.9. The molecule has 0 saturated heterocycles. The van der Waals surface area contributed by atoms with E-state index in [1.54, 1.807) is 27.2 Å². The minimum absolute atomic E-state index is 0.121. The molecule has 3 aromatic heterocycles. The molecule has 7 heterocycles. The first kappa shape index (κ1) is 34.7. The van der Waals surface area contributed by atoms with Gasteiger partial charge in [-0.3, -0.25) is 9.59 Å². The van der Waals surface area contributed by atoms with Crippen molar-refractivity contribution in [3.63, 3.8) is 0 Å². The van der Waals surface area contributed by atoms with E-state index in [1.807, 2.05) is 32.2 Å². The lowest BCUT2D eigenvalue weighted by Gasteiger charge is -2.29. The summed E-state index contributed by atoms with van der Waals surface area (Å²) in [6, 6.07) is 17.8. The SMILES string of the molecule is CCC(O)(CC)C(=O)C[C@H]1Cc2ccc3c(c2)[C@]24c5cccc(c5NC2O3)-c2cccc3c2c(cn3COC)-c2cnc(o2)-c2nc(oc24)[C@H](C(C)C)NC1=O. The Morgan fingerprint density at radius 1 is 1.05 bits per heavy atom. The van der Waals surface area contributed by atoms with Crippen molar-refractivity contribution in [1.82, 2.24) is 19.9 Å². The number of oxazole rings is 2. The number of fused-ring (bicyclic) bond motifs is 7. The summed E-state index contributed by atoms with van der Waals surface area (Å²) in [4.78, 5) is 38.1. The minimum atomic E-state index is -1.51. The van der Waals surface area contributed by atoms with Gasteiger partial charge in [-0.15, -0.1) is 0 Å². The van der Waals surface area contributed by atoms with E-state index in [0.717, 1.165) is 50.0 Å². The van der Waals surface area contributed by atoms with Crippen molar-refractivity contribution < 1.29 is 33.0 Å². The van der Waals surface area contributed by atoms with Crippen LogP contribution < -0.4 is 15.4 Å². The molecular weight excluding hydrogens is 711 g/mol. The zero-order valence-corrected chi connectivity index (χ0v) is 31.9. The maximum Gasteiger partial charge on any atom is 0.249 e. The standard InChI is InChI=1S/C44H43N5O7/c1-6-43(52,7-2)33(50)18-24-16-23-14-15-31-29(17-23)44-28-12-8-11-26(36(28)48-42(44)55-31)25-10-9-13-30-34(25)27(20-49(30)21-53-5)32-19-45-40(54-32)37-38(44)56-41(47-37)35(22(3)4)46-39(24)51/h8-15,17,19-20,22,24,35,42,48,52H,6-7,16,18,21H2,1-5H3,(H,46,51)/t24-,35+,42?,44+/m1/s1. The molecule has 3 N–H and O–H groups in total. The first-order valence-electron chi connectivity index (χ1n) is 19.4. The monoisotopic (exact) mass is 753 g/mol. The number of benzene rings is 3. The van der Waals surface area contributed by atoms with Crippen molar-refractivity contribution in [3.05, 3.63) is 95.3 Å². The van der Waals surface area contributed by atoms with E-state index < -0.39 is 29.2 Å². The van der Waals surface area contributed by atoms with Crippen LogP contribution in [0.1, 0.15) is 81.3 Å². The Labute approximate surface area is 323 Å². The maximum atomic E-state index is 14.4. The molecule has 10 bridgehead atoms. The van der Waals surface area contributed by atoms with Crippen LogP contribution in [-0.4, -0.2) is 50.3 Å². The summed E-state index contributed by atoms with van der Waals surface area (Å²) in [5.74, 6) is 0.673. The Kier molecular flexibility index (Phi) is 7.69. The summed E-state index contributed by atoms with van der Waals surface area (Å²) >= 11 is 0. The molecule has 4 aliphatic rings. The zero-order chi connectivity index (χ0) is 38.7. The summed E-state index contributed by atoms with van der Waals surface area (Å²) < 4.78 is 28.3. The van der Waals surface area contributed by atoms with Crippen LogP contribution in [0.4, 0.5) is 5.69 Å². The number of carbonyl (C=O) groups excluding carboxylic acids is 2. The number of para-hydroxylation sites is 1. The molecule has 12 nitrogen and oxygen atoms in total. The lowest BCUT2D eigenvalue weighted by Crippen LogP contribution is -2.43. The first-order valence-corrected chi connectivity index (χ1v) is 19.4. The van der Waals surface area contributed by atoms with Crippen molar-refractivity contribution in [2.75, 3.05) is 12.4 Å². The lowest BCUT2D eigenvalue weighted by molar-refractivity contribution is -0.141. The van der Waals surface area contributed by atoms with Crippen molar-refractivity contribution in [3.8, 4) is 39.8 Å². The number of ketones is 1. The van der Waals surface area contributed by atoms with Gasteiger partial charge >= 0.3 is 0 Å². The number of aliphatic hydroxyl groups is 1. The summed E-state index contributed by atoms with van der Waals surface area (Å²) in [5, 5.41) is 19.2. The summed E-state index contributed by atoms with van der Waals surface area (Å²) in [6.45, 7) is 7.91. The predicted molar refractivity (Wildman–Crippen MR) is 208 cm³/mol. The zero-order valence-electron chi connectivity index (χ0n) is 31.9. The molecule has 10 rings (SSSR count). The fourth-order valence-electron chi connectivity index (χ4n) is 9.44. The van der Waals surface area contributed by atoms with Crippen LogP contribution in [0.2, 0.25) is 0 Å². The second kappa shape index (κ2) is 12.4. The summed E-state index contributed by atoms with van der Waals surface area (Å²) in [5.41, 5.74) is 5.17. The molecule has 6 aromatic rings. The number of nitrogens with zero attached hydrogens (tertiary/aromatic N) is 3. The summed E-state index contributed by atoms with van der Waals surface area (Å²) in [6.07, 6.45) is 3.78. The molecular formula is C44H43N5O7. The number of amides is 1. The molecule has 0 saturated carbocycles. The highest BCUT2D eigenvalue weighted by molar-refractivity contribution is 6.08. The molecule has 286 valence electrons. The normalized spacial score (nSPS) is 21.6. The molecule has 4 atom stereocenters. The number of methoxy groups -OCH3 is 1. The van der Waals surface area contributed by atoms with Crippen LogP contribution in [0.3, 0.4) is 0 Å². The van der Waals surface area contributed by atoms with Crippen LogP contribution in [0.5, 0.6) is 5.75 Å². The second-order valence-corrected chi connectivity index (χ2v) is 15.9. The van der Waals surface area contributed by atoms with Gasteiger partial charge in [-0.25, -0.2) is 9.97 Å². The molecule has 56 heavy (non-hydrogen) atoms. The highest BCUT2D eigenvalue weighted by Gasteiger charge is 2.61.